The number of hydrogen-bond acceptors (Lipinski definition) is 3. The predicted octanol–water partition coefficient (Wildman–Crippen LogP) is 3.26. The van der Waals surface area contributed by atoms with Crippen LogP contribution in [0.3, 0.4) is 0 Å². The molecule has 0 aromatic heterocycles. The molecule has 0 aromatic carbocycles. The van der Waals surface area contributed by atoms with E-state index in [2.05, 4.69) is 12.0 Å². The normalized spacial score (nSPS) is 15.1. The summed E-state index contributed by atoms with van der Waals surface area (Å²) in [6.45, 7) is 4.21. The zero-order chi connectivity index (χ0) is 13.4. The Labute approximate surface area is 109 Å². The highest BCUT2D eigenvalue weighted by Crippen LogP contribution is 2.15. The van der Waals surface area contributed by atoms with Crippen molar-refractivity contribution in [3.63, 3.8) is 0 Å². The monoisotopic (exact) mass is 252 g/mol. The van der Waals surface area contributed by atoms with Crippen molar-refractivity contribution >= 4 is 17.5 Å². The fourth-order valence-corrected chi connectivity index (χ4v) is 2.09. The van der Waals surface area contributed by atoms with E-state index in [-0.39, 0.29) is 11.8 Å². The van der Waals surface area contributed by atoms with E-state index in [0.717, 1.165) is 36.4 Å². The number of carbonyl (C=O) groups is 2. The third kappa shape index (κ3) is 4.59. The fraction of sp³-hybridized carbons (Fsp3) is 0.786. The van der Waals surface area contributed by atoms with Gasteiger partial charge in [0, 0.05) is 12.1 Å². The maximum absolute atomic E-state index is 11.8. The van der Waals surface area contributed by atoms with Gasteiger partial charge in [0.1, 0.15) is 0 Å². The number of imide groups is 1. The second-order valence-corrected chi connectivity index (χ2v) is 4.86. The SMILES string of the molecule is CCCCCCCC(=O)N1N=C(CCC)CC1=O. The van der Waals surface area contributed by atoms with Crippen LogP contribution in [0, 0.1) is 0 Å². The molecular formula is C14H24N2O2. The maximum Gasteiger partial charge on any atom is 0.255 e. The number of unbranched alkanes of at least 4 members (excludes halogenated alkanes) is 4. The van der Waals surface area contributed by atoms with Crippen molar-refractivity contribution in [1.29, 1.82) is 0 Å². The van der Waals surface area contributed by atoms with Crippen LogP contribution in [0.15, 0.2) is 5.10 Å². The number of hydrogen-bond donors (Lipinski definition) is 0. The molecule has 1 aliphatic rings. The summed E-state index contributed by atoms with van der Waals surface area (Å²) in [5.74, 6) is -0.292. The van der Waals surface area contributed by atoms with Gasteiger partial charge in [-0.3, -0.25) is 9.59 Å². The second-order valence-electron chi connectivity index (χ2n) is 4.86. The van der Waals surface area contributed by atoms with E-state index in [1.165, 1.54) is 19.3 Å². The molecule has 18 heavy (non-hydrogen) atoms. The van der Waals surface area contributed by atoms with E-state index in [0.29, 0.717) is 12.8 Å². The lowest BCUT2D eigenvalue weighted by atomic mass is 10.1. The Morgan fingerprint density at radius 2 is 1.89 bits per heavy atom. The van der Waals surface area contributed by atoms with Gasteiger partial charge in [0.15, 0.2) is 0 Å². The topological polar surface area (TPSA) is 49.7 Å². The molecule has 4 nitrogen and oxygen atoms in total. The van der Waals surface area contributed by atoms with Gasteiger partial charge in [0.25, 0.3) is 5.91 Å². The van der Waals surface area contributed by atoms with Crippen LogP contribution >= 0.6 is 0 Å². The van der Waals surface area contributed by atoms with Crippen molar-refractivity contribution in [3.8, 4) is 0 Å². The zero-order valence-electron chi connectivity index (χ0n) is 11.6. The van der Waals surface area contributed by atoms with Crippen molar-refractivity contribution in [3.05, 3.63) is 0 Å². The van der Waals surface area contributed by atoms with Gasteiger partial charge < -0.3 is 0 Å². The lowest BCUT2D eigenvalue weighted by Gasteiger charge is -2.09. The lowest BCUT2D eigenvalue weighted by Crippen LogP contribution is -2.28. The Bertz CT molecular complexity index is 324. The van der Waals surface area contributed by atoms with Gasteiger partial charge in [-0.15, -0.1) is 0 Å². The van der Waals surface area contributed by atoms with Crippen LogP contribution in [0.2, 0.25) is 0 Å². The average molecular weight is 252 g/mol. The lowest BCUT2D eigenvalue weighted by molar-refractivity contribution is -0.143. The Morgan fingerprint density at radius 3 is 2.56 bits per heavy atom. The summed E-state index contributed by atoms with van der Waals surface area (Å²) >= 11 is 0. The zero-order valence-corrected chi connectivity index (χ0v) is 11.6. The second kappa shape index (κ2) is 8.01. The van der Waals surface area contributed by atoms with Crippen LogP contribution in [0.1, 0.15) is 71.6 Å². The van der Waals surface area contributed by atoms with E-state index in [9.17, 15) is 9.59 Å². The van der Waals surface area contributed by atoms with Gasteiger partial charge in [0.05, 0.1) is 6.42 Å². The minimum Gasteiger partial charge on any atom is -0.272 e. The quantitative estimate of drug-likeness (QED) is 0.622. The van der Waals surface area contributed by atoms with Crippen LogP contribution in [0.25, 0.3) is 0 Å². The maximum atomic E-state index is 11.8. The van der Waals surface area contributed by atoms with Gasteiger partial charge in [-0.2, -0.15) is 10.1 Å². The van der Waals surface area contributed by atoms with Crippen LogP contribution < -0.4 is 0 Å². The summed E-state index contributed by atoms with van der Waals surface area (Å²) in [5, 5.41) is 5.21. The molecule has 0 radical (unpaired) electrons. The molecule has 0 N–H and O–H groups in total. The molecule has 1 aliphatic heterocycles. The smallest absolute Gasteiger partial charge is 0.255 e. The Balaban J connectivity index is 2.30. The minimum atomic E-state index is -0.156. The van der Waals surface area contributed by atoms with Crippen LogP contribution in [0.4, 0.5) is 0 Å². The van der Waals surface area contributed by atoms with Crippen molar-refractivity contribution in [2.75, 3.05) is 0 Å². The summed E-state index contributed by atoms with van der Waals surface area (Å²) in [7, 11) is 0. The molecule has 4 heteroatoms. The first-order valence-corrected chi connectivity index (χ1v) is 7.11. The molecule has 0 spiro atoms. The van der Waals surface area contributed by atoms with Crippen LogP contribution in [-0.4, -0.2) is 22.5 Å². The van der Waals surface area contributed by atoms with Gasteiger partial charge >= 0.3 is 0 Å². The highest BCUT2D eigenvalue weighted by atomic mass is 16.2. The number of nitrogens with zero attached hydrogens (tertiary/aromatic N) is 2. The van der Waals surface area contributed by atoms with Gasteiger partial charge in [-0.05, 0) is 12.8 Å². The van der Waals surface area contributed by atoms with Crippen LogP contribution in [-0.2, 0) is 9.59 Å². The number of rotatable bonds is 8. The molecular weight excluding hydrogens is 228 g/mol. The first-order valence-electron chi connectivity index (χ1n) is 7.11. The average Bonchev–Trinajstić information content (AvgIpc) is 2.70. The first-order chi connectivity index (χ1) is 8.69. The van der Waals surface area contributed by atoms with Crippen molar-refractivity contribution in [1.82, 2.24) is 5.01 Å². The standard InChI is InChI=1S/C14H24N2O2/c1-3-5-6-7-8-10-13(17)16-14(18)11-12(15-16)9-4-2/h3-11H2,1-2H3. The Hall–Kier alpha value is -1.19. The van der Waals surface area contributed by atoms with Crippen molar-refractivity contribution in [2.24, 2.45) is 5.10 Å². The third-order valence-corrected chi connectivity index (χ3v) is 3.10. The summed E-state index contributed by atoms with van der Waals surface area (Å²) in [4.78, 5) is 23.5. The molecule has 0 fully saturated rings. The van der Waals surface area contributed by atoms with Gasteiger partial charge in [-0.1, -0.05) is 46.0 Å². The minimum absolute atomic E-state index is 0.136. The van der Waals surface area contributed by atoms with E-state index >= 15 is 0 Å². The van der Waals surface area contributed by atoms with E-state index in [1.54, 1.807) is 0 Å². The molecule has 0 atom stereocenters. The molecule has 1 heterocycles. The Morgan fingerprint density at radius 1 is 1.17 bits per heavy atom. The Kier molecular flexibility index (Phi) is 6.61. The highest BCUT2D eigenvalue weighted by Gasteiger charge is 2.27. The molecule has 0 aromatic rings. The van der Waals surface area contributed by atoms with E-state index in [1.807, 2.05) is 6.92 Å². The number of amides is 2. The number of hydrazone groups is 1. The molecule has 0 bridgehead atoms. The van der Waals surface area contributed by atoms with Crippen molar-refractivity contribution in [2.45, 2.75) is 71.6 Å². The molecule has 102 valence electrons. The molecule has 0 saturated carbocycles. The number of carbonyl (C=O) groups excluding carboxylic acids is 2. The van der Waals surface area contributed by atoms with Crippen molar-refractivity contribution < 1.29 is 9.59 Å². The summed E-state index contributed by atoms with van der Waals surface area (Å²) in [6, 6.07) is 0. The summed E-state index contributed by atoms with van der Waals surface area (Å²) in [6.07, 6.45) is 8.06. The summed E-state index contributed by atoms with van der Waals surface area (Å²) < 4.78 is 0. The van der Waals surface area contributed by atoms with E-state index in [4.69, 9.17) is 0 Å². The molecule has 0 saturated heterocycles. The molecule has 1 rings (SSSR count). The van der Waals surface area contributed by atoms with E-state index < -0.39 is 0 Å². The van der Waals surface area contributed by atoms with Crippen LogP contribution in [0.5, 0.6) is 0 Å². The predicted molar refractivity (Wildman–Crippen MR) is 72.2 cm³/mol. The summed E-state index contributed by atoms with van der Waals surface area (Å²) in [5.41, 5.74) is 0.849. The van der Waals surface area contributed by atoms with Gasteiger partial charge in [0.2, 0.25) is 5.91 Å². The molecule has 0 unspecified atom stereocenters. The third-order valence-electron chi connectivity index (χ3n) is 3.10. The fourth-order valence-electron chi connectivity index (χ4n) is 2.09. The van der Waals surface area contributed by atoms with Gasteiger partial charge in [-0.25, -0.2) is 0 Å². The molecule has 2 amide bonds. The first kappa shape index (κ1) is 14.9. The molecule has 0 aliphatic carbocycles. The highest BCUT2D eigenvalue weighted by molar-refractivity contribution is 6.10. The largest absolute Gasteiger partial charge is 0.272 e.